The lowest BCUT2D eigenvalue weighted by atomic mass is 10.2. The molecule has 3 aromatic rings. The Bertz CT molecular complexity index is 1030. The number of rotatable bonds is 4. The van der Waals surface area contributed by atoms with E-state index in [1.165, 1.54) is 11.8 Å². The van der Waals surface area contributed by atoms with Crippen molar-refractivity contribution in [3.63, 3.8) is 0 Å². The molecule has 0 radical (unpaired) electrons. The van der Waals surface area contributed by atoms with Gasteiger partial charge in [0.15, 0.2) is 5.65 Å². The van der Waals surface area contributed by atoms with Gasteiger partial charge in [0, 0.05) is 6.04 Å². The van der Waals surface area contributed by atoms with Gasteiger partial charge in [0.05, 0.1) is 26.9 Å². The third-order valence-electron chi connectivity index (χ3n) is 4.44. The fourth-order valence-electron chi connectivity index (χ4n) is 2.92. The quantitative estimate of drug-likeness (QED) is 0.732. The first-order valence-electron chi connectivity index (χ1n) is 8.36. The highest BCUT2D eigenvalue weighted by Gasteiger charge is 2.27. The molecule has 5 nitrogen and oxygen atoms in total. The molecule has 0 aliphatic heterocycles. The smallest absolute Gasteiger partial charge is 0.233 e. The molecule has 0 unspecified atom stereocenters. The fraction of sp³-hybridized carbons (Fsp3) is 0.316. The number of hydrogen-bond donors (Lipinski definition) is 1. The number of nitrogens with zero attached hydrogens (tertiary/aromatic N) is 3. The minimum Gasteiger partial charge on any atom is -0.352 e. The predicted octanol–water partition coefficient (Wildman–Crippen LogP) is 3.43. The van der Waals surface area contributed by atoms with Crippen LogP contribution in [0.25, 0.3) is 16.7 Å². The van der Waals surface area contributed by atoms with Crippen LogP contribution in [0, 0.1) is 18.3 Å². The molecule has 0 spiro atoms. The minimum absolute atomic E-state index is 0.0621. The number of carbonyl (C=O) groups is 1. The van der Waals surface area contributed by atoms with Gasteiger partial charge in [-0.15, -0.1) is 0 Å². The van der Waals surface area contributed by atoms with Gasteiger partial charge in [-0.25, -0.2) is 4.98 Å². The largest absolute Gasteiger partial charge is 0.352 e. The van der Waals surface area contributed by atoms with E-state index in [1.54, 1.807) is 0 Å². The molecular weight excluding hydrogens is 332 g/mol. The van der Waals surface area contributed by atoms with Crippen LogP contribution in [0.1, 0.15) is 30.9 Å². The van der Waals surface area contributed by atoms with Crippen molar-refractivity contribution in [2.24, 2.45) is 0 Å². The Morgan fingerprint density at radius 2 is 2.20 bits per heavy atom. The summed E-state index contributed by atoms with van der Waals surface area (Å²) in [5.74, 6) is 0.0621. The van der Waals surface area contributed by atoms with Crippen molar-refractivity contribution in [2.45, 2.75) is 43.0 Å². The van der Waals surface area contributed by atoms with Crippen molar-refractivity contribution in [1.29, 1.82) is 5.26 Å². The summed E-state index contributed by atoms with van der Waals surface area (Å²) >= 11 is 1.51. The average Bonchev–Trinajstić information content (AvgIpc) is 3.32. The lowest BCUT2D eigenvalue weighted by Gasteiger charge is -2.14. The van der Waals surface area contributed by atoms with E-state index < -0.39 is 0 Å². The van der Waals surface area contributed by atoms with Crippen LogP contribution in [0.4, 0.5) is 0 Å². The molecule has 0 saturated heterocycles. The maximum absolute atomic E-state index is 12.3. The lowest BCUT2D eigenvalue weighted by molar-refractivity contribution is -0.120. The number of aryl methyl sites for hydroxylation is 1. The molecule has 6 heteroatoms. The zero-order valence-electron chi connectivity index (χ0n) is 14.1. The molecule has 0 bridgehead atoms. The summed E-state index contributed by atoms with van der Waals surface area (Å²) in [6.07, 6.45) is 2.16. The Kier molecular flexibility index (Phi) is 3.89. The number of fused-ring (bicyclic) bond motifs is 3. The van der Waals surface area contributed by atoms with E-state index in [2.05, 4.69) is 16.4 Å². The zero-order valence-corrected chi connectivity index (χ0v) is 14.9. The second kappa shape index (κ2) is 6.08. The summed E-state index contributed by atoms with van der Waals surface area (Å²) in [6.45, 7) is 3.83. The maximum Gasteiger partial charge on any atom is 0.233 e. The SMILES string of the molecule is Cc1cc(S[C@H](C)C(=O)NC2CC2)n2c(nc3ccccc32)c1C#N. The van der Waals surface area contributed by atoms with E-state index in [0.29, 0.717) is 17.3 Å². The van der Waals surface area contributed by atoms with Crippen molar-refractivity contribution in [3.05, 3.63) is 41.5 Å². The number of nitrogens with one attached hydrogen (secondary N) is 1. The Morgan fingerprint density at radius 3 is 2.92 bits per heavy atom. The van der Waals surface area contributed by atoms with Gasteiger partial charge in [0.25, 0.3) is 0 Å². The molecule has 1 fully saturated rings. The standard InChI is InChI=1S/C19H18N4OS/c1-11-9-17(25-12(2)19(24)21-13-7-8-13)23-16-6-4-3-5-15(16)22-18(23)14(11)10-20/h3-6,9,12-13H,7-8H2,1-2H3,(H,21,24)/t12-/m1/s1. The number of nitriles is 1. The second-order valence-electron chi connectivity index (χ2n) is 6.45. The molecule has 1 saturated carbocycles. The van der Waals surface area contributed by atoms with Crippen LogP contribution < -0.4 is 5.32 Å². The number of pyridine rings is 1. The van der Waals surface area contributed by atoms with E-state index in [4.69, 9.17) is 0 Å². The van der Waals surface area contributed by atoms with Crippen LogP contribution in [-0.2, 0) is 4.79 Å². The molecule has 1 N–H and O–H groups in total. The number of imidazole rings is 1. The Hall–Kier alpha value is -2.52. The van der Waals surface area contributed by atoms with Crippen molar-refractivity contribution in [1.82, 2.24) is 14.7 Å². The molecule has 1 aromatic carbocycles. The minimum atomic E-state index is -0.211. The predicted molar refractivity (Wildman–Crippen MR) is 98.6 cm³/mol. The van der Waals surface area contributed by atoms with Gasteiger partial charge in [-0.05, 0) is 50.5 Å². The van der Waals surface area contributed by atoms with Gasteiger partial charge in [-0.1, -0.05) is 23.9 Å². The van der Waals surface area contributed by atoms with Crippen LogP contribution in [0.15, 0.2) is 35.4 Å². The van der Waals surface area contributed by atoms with Crippen LogP contribution in [-0.4, -0.2) is 26.6 Å². The Labute approximate surface area is 150 Å². The summed E-state index contributed by atoms with van der Waals surface area (Å²) in [5, 5.41) is 13.3. The molecule has 2 heterocycles. The number of aromatic nitrogens is 2. The van der Waals surface area contributed by atoms with Gasteiger partial charge in [0.1, 0.15) is 6.07 Å². The second-order valence-corrected chi connectivity index (χ2v) is 7.82. The first-order valence-corrected chi connectivity index (χ1v) is 9.24. The molecular formula is C19H18N4OS. The number of benzene rings is 1. The van der Waals surface area contributed by atoms with Gasteiger partial charge < -0.3 is 5.32 Å². The highest BCUT2D eigenvalue weighted by atomic mass is 32.2. The number of amides is 1. The first kappa shape index (κ1) is 16.0. The van der Waals surface area contributed by atoms with Crippen molar-refractivity contribution < 1.29 is 4.79 Å². The van der Waals surface area contributed by atoms with Gasteiger partial charge >= 0.3 is 0 Å². The van der Waals surface area contributed by atoms with Gasteiger partial charge in [0.2, 0.25) is 5.91 Å². The Morgan fingerprint density at radius 1 is 1.44 bits per heavy atom. The Balaban J connectivity index is 1.82. The number of para-hydroxylation sites is 2. The van der Waals surface area contributed by atoms with Gasteiger partial charge in [-0.3, -0.25) is 9.20 Å². The number of hydrogen-bond acceptors (Lipinski definition) is 4. The lowest BCUT2D eigenvalue weighted by Crippen LogP contribution is -2.32. The molecule has 2 aromatic heterocycles. The van der Waals surface area contributed by atoms with Gasteiger partial charge in [-0.2, -0.15) is 5.26 Å². The molecule has 126 valence electrons. The summed E-state index contributed by atoms with van der Waals surface area (Å²) in [6, 6.07) is 12.4. The van der Waals surface area contributed by atoms with Crippen LogP contribution in [0.3, 0.4) is 0 Å². The summed E-state index contributed by atoms with van der Waals surface area (Å²) < 4.78 is 1.99. The summed E-state index contributed by atoms with van der Waals surface area (Å²) in [7, 11) is 0. The van der Waals surface area contributed by atoms with Crippen LogP contribution in [0.2, 0.25) is 0 Å². The monoisotopic (exact) mass is 350 g/mol. The molecule has 1 aliphatic carbocycles. The van der Waals surface area contributed by atoms with E-state index in [-0.39, 0.29) is 11.2 Å². The van der Waals surface area contributed by atoms with Crippen LogP contribution in [0.5, 0.6) is 0 Å². The normalized spacial score (nSPS) is 15.2. The first-order chi connectivity index (χ1) is 12.1. The van der Waals surface area contributed by atoms with E-state index in [9.17, 15) is 10.1 Å². The zero-order chi connectivity index (χ0) is 17.6. The van der Waals surface area contributed by atoms with Crippen molar-refractivity contribution in [3.8, 4) is 6.07 Å². The maximum atomic E-state index is 12.3. The van der Waals surface area contributed by atoms with Crippen LogP contribution >= 0.6 is 11.8 Å². The molecule has 1 atom stereocenters. The number of thioether (sulfide) groups is 1. The van der Waals surface area contributed by atoms with E-state index in [1.807, 2.05) is 48.6 Å². The highest BCUT2D eigenvalue weighted by molar-refractivity contribution is 8.00. The van der Waals surface area contributed by atoms with E-state index >= 15 is 0 Å². The topological polar surface area (TPSA) is 70.2 Å². The summed E-state index contributed by atoms with van der Waals surface area (Å²) in [4.78, 5) is 17.0. The van der Waals surface area contributed by atoms with Crippen molar-refractivity contribution >= 4 is 34.3 Å². The third kappa shape index (κ3) is 2.85. The molecule has 1 amide bonds. The molecule has 4 rings (SSSR count). The highest BCUT2D eigenvalue weighted by Crippen LogP contribution is 2.32. The summed E-state index contributed by atoms with van der Waals surface area (Å²) in [5.41, 5.74) is 3.91. The third-order valence-corrected chi connectivity index (χ3v) is 5.55. The average molecular weight is 350 g/mol. The fourth-order valence-corrected chi connectivity index (χ4v) is 3.99. The molecule has 25 heavy (non-hydrogen) atoms. The van der Waals surface area contributed by atoms with E-state index in [0.717, 1.165) is 34.5 Å². The number of carbonyl (C=O) groups excluding carboxylic acids is 1. The molecule has 1 aliphatic rings. The van der Waals surface area contributed by atoms with Crippen molar-refractivity contribution in [2.75, 3.05) is 0 Å².